The van der Waals surface area contributed by atoms with E-state index >= 15 is 0 Å². The number of ether oxygens (including phenoxy) is 1. The summed E-state index contributed by atoms with van der Waals surface area (Å²) in [4.78, 5) is 0. The number of unbranched alkanes of at least 4 members (excludes halogenated alkanes) is 1. The van der Waals surface area contributed by atoms with Gasteiger partial charge in [-0.1, -0.05) is 19.1 Å². The number of rotatable bonds is 7. The van der Waals surface area contributed by atoms with Crippen LogP contribution < -0.4 is 4.74 Å². The van der Waals surface area contributed by atoms with Crippen molar-refractivity contribution in [3.8, 4) is 5.75 Å². The van der Waals surface area contributed by atoms with Crippen molar-refractivity contribution < 1.29 is 17.0 Å². The van der Waals surface area contributed by atoms with Crippen molar-refractivity contribution in [2.45, 2.75) is 26.2 Å². The molecule has 17 heavy (non-hydrogen) atoms. The number of benzene rings is 1. The molecule has 0 aromatic heterocycles. The standard InChI is InChI=1S/C12H17FO3S/c1-2-11-5-7-12(8-6-11)16-9-3-4-10-17(13,14)15/h5-8H,2-4,9-10H2,1H3. The van der Waals surface area contributed by atoms with Crippen LogP contribution in [0, 0.1) is 0 Å². The van der Waals surface area contributed by atoms with Crippen molar-refractivity contribution in [1.82, 2.24) is 0 Å². The second-order valence-corrected chi connectivity index (χ2v) is 5.28. The quantitative estimate of drug-likeness (QED) is 0.559. The molecular formula is C12H17FO3S. The van der Waals surface area contributed by atoms with Crippen molar-refractivity contribution in [3.05, 3.63) is 29.8 Å². The highest BCUT2D eigenvalue weighted by molar-refractivity contribution is 7.86. The van der Waals surface area contributed by atoms with Crippen LogP contribution in [0.5, 0.6) is 5.75 Å². The minimum atomic E-state index is -4.33. The van der Waals surface area contributed by atoms with Crippen molar-refractivity contribution in [3.63, 3.8) is 0 Å². The molecule has 3 nitrogen and oxygen atoms in total. The molecule has 0 atom stereocenters. The molecule has 0 unspecified atom stereocenters. The first-order chi connectivity index (χ1) is 8.01. The van der Waals surface area contributed by atoms with E-state index in [0.717, 1.165) is 12.2 Å². The van der Waals surface area contributed by atoms with E-state index < -0.39 is 16.0 Å². The molecule has 0 aliphatic carbocycles. The third kappa shape index (κ3) is 6.26. The highest BCUT2D eigenvalue weighted by Gasteiger charge is 2.05. The fraction of sp³-hybridized carbons (Fsp3) is 0.500. The highest BCUT2D eigenvalue weighted by atomic mass is 32.3. The van der Waals surface area contributed by atoms with Crippen molar-refractivity contribution in [1.29, 1.82) is 0 Å². The molecule has 0 spiro atoms. The van der Waals surface area contributed by atoms with Gasteiger partial charge in [-0.2, -0.15) is 8.42 Å². The number of aryl methyl sites for hydroxylation is 1. The van der Waals surface area contributed by atoms with Gasteiger partial charge in [-0.25, -0.2) is 0 Å². The Morgan fingerprint density at radius 3 is 2.35 bits per heavy atom. The molecule has 5 heteroatoms. The Balaban J connectivity index is 2.22. The van der Waals surface area contributed by atoms with Gasteiger partial charge in [0, 0.05) is 0 Å². The summed E-state index contributed by atoms with van der Waals surface area (Å²) < 4.78 is 38.0. The highest BCUT2D eigenvalue weighted by Crippen LogP contribution is 2.13. The van der Waals surface area contributed by atoms with Crippen LogP contribution in [0.4, 0.5) is 3.89 Å². The monoisotopic (exact) mass is 260 g/mol. The van der Waals surface area contributed by atoms with Gasteiger partial charge in [0.25, 0.3) is 0 Å². The van der Waals surface area contributed by atoms with Crippen molar-refractivity contribution in [2.75, 3.05) is 12.4 Å². The summed E-state index contributed by atoms with van der Waals surface area (Å²) >= 11 is 0. The molecule has 96 valence electrons. The third-order valence-electron chi connectivity index (χ3n) is 2.38. The summed E-state index contributed by atoms with van der Waals surface area (Å²) in [6.45, 7) is 2.48. The van der Waals surface area contributed by atoms with Crippen LogP contribution in [0.1, 0.15) is 25.3 Å². The van der Waals surface area contributed by atoms with Gasteiger partial charge in [0.2, 0.25) is 0 Å². The van der Waals surface area contributed by atoms with E-state index in [-0.39, 0.29) is 6.42 Å². The molecule has 0 fully saturated rings. The second-order valence-electron chi connectivity index (χ2n) is 3.80. The average Bonchev–Trinajstić information content (AvgIpc) is 2.28. The summed E-state index contributed by atoms with van der Waals surface area (Å²) in [6.07, 6.45) is 1.79. The molecule has 0 amide bonds. The summed E-state index contributed by atoms with van der Waals surface area (Å²) in [5.41, 5.74) is 1.24. The molecule has 0 bridgehead atoms. The molecule has 1 rings (SSSR count). The zero-order valence-corrected chi connectivity index (χ0v) is 10.7. The Kier molecular flexibility index (Phi) is 5.41. The predicted octanol–water partition coefficient (Wildman–Crippen LogP) is 2.71. The van der Waals surface area contributed by atoms with Gasteiger partial charge >= 0.3 is 10.2 Å². The Morgan fingerprint density at radius 1 is 1.18 bits per heavy atom. The van der Waals surface area contributed by atoms with E-state index in [1.54, 1.807) is 0 Å². The van der Waals surface area contributed by atoms with Gasteiger partial charge in [-0.15, -0.1) is 3.89 Å². The minimum Gasteiger partial charge on any atom is -0.494 e. The average molecular weight is 260 g/mol. The Labute approximate surface area is 102 Å². The SMILES string of the molecule is CCc1ccc(OCCCCS(=O)(=O)F)cc1. The van der Waals surface area contributed by atoms with Crippen LogP contribution in [0.2, 0.25) is 0 Å². The lowest BCUT2D eigenvalue weighted by atomic mass is 10.2. The summed E-state index contributed by atoms with van der Waals surface area (Å²) in [7, 11) is -4.33. The molecule has 0 radical (unpaired) electrons. The Bertz CT molecular complexity index is 426. The molecule has 0 saturated carbocycles. The smallest absolute Gasteiger partial charge is 0.302 e. The first-order valence-electron chi connectivity index (χ1n) is 5.65. The maximum Gasteiger partial charge on any atom is 0.302 e. The van der Waals surface area contributed by atoms with Crippen molar-refractivity contribution >= 4 is 10.2 Å². The molecule has 1 aromatic rings. The first kappa shape index (κ1) is 14.0. The number of halogens is 1. The van der Waals surface area contributed by atoms with Crippen LogP contribution in [0.25, 0.3) is 0 Å². The van der Waals surface area contributed by atoms with E-state index in [2.05, 4.69) is 6.92 Å². The zero-order valence-electron chi connectivity index (χ0n) is 9.86. The molecule has 0 heterocycles. The fourth-order valence-electron chi connectivity index (χ4n) is 1.39. The van der Waals surface area contributed by atoms with Crippen LogP contribution in [0.15, 0.2) is 24.3 Å². The van der Waals surface area contributed by atoms with Gasteiger partial charge in [-0.3, -0.25) is 0 Å². The zero-order chi connectivity index (χ0) is 12.7. The molecule has 0 saturated heterocycles. The van der Waals surface area contributed by atoms with Gasteiger partial charge in [0.05, 0.1) is 12.4 Å². The predicted molar refractivity (Wildman–Crippen MR) is 65.4 cm³/mol. The van der Waals surface area contributed by atoms with E-state index in [4.69, 9.17) is 4.74 Å². The van der Waals surface area contributed by atoms with Gasteiger partial charge in [-0.05, 0) is 37.0 Å². The maximum atomic E-state index is 12.2. The number of hydrogen-bond acceptors (Lipinski definition) is 3. The second kappa shape index (κ2) is 6.59. The molecule has 1 aromatic carbocycles. The van der Waals surface area contributed by atoms with E-state index in [1.807, 2.05) is 24.3 Å². The van der Waals surface area contributed by atoms with Gasteiger partial charge < -0.3 is 4.74 Å². The number of hydrogen-bond donors (Lipinski definition) is 0. The lowest BCUT2D eigenvalue weighted by Gasteiger charge is -2.06. The Morgan fingerprint density at radius 2 is 1.82 bits per heavy atom. The lowest BCUT2D eigenvalue weighted by molar-refractivity contribution is 0.309. The summed E-state index contributed by atoms with van der Waals surface area (Å²) in [6, 6.07) is 7.73. The maximum absolute atomic E-state index is 12.2. The lowest BCUT2D eigenvalue weighted by Crippen LogP contribution is -2.02. The van der Waals surface area contributed by atoms with Gasteiger partial charge in [0.1, 0.15) is 5.75 Å². The van der Waals surface area contributed by atoms with Crippen LogP contribution in [-0.2, 0) is 16.6 Å². The Hall–Kier alpha value is -1.10. The molecule has 0 aliphatic rings. The topological polar surface area (TPSA) is 43.4 Å². The summed E-state index contributed by atoms with van der Waals surface area (Å²) in [5, 5.41) is 0. The largest absolute Gasteiger partial charge is 0.494 e. The third-order valence-corrected chi connectivity index (χ3v) is 3.16. The molecule has 0 N–H and O–H groups in total. The molecular weight excluding hydrogens is 243 g/mol. The minimum absolute atomic E-state index is 0.284. The summed E-state index contributed by atoms with van der Waals surface area (Å²) in [5.74, 6) is 0.329. The fourth-order valence-corrected chi connectivity index (χ4v) is 1.94. The van der Waals surface area contributed by atoms with Crippen LogP contribution in [-0.4, -0.2) is 20.8 Å². The first-order valence-corrected chi connectivity index (χ1v) is 7.20. The van der Waals surface area contributed by atoms with E-state index in [1.165, 1.54) is 5.56 Å². The molecule has 0 aliphatic heterocycles. The van der Waals surface area contributed by atoms with E-state index in [9.17, 15) is 12.3 Å². The van der Waals surface area contributed by atoms with Crippen LogP contribution in [0.3, 0.4) is 0 Å². The van der Waals surface area contributed by atoms with Gasteiger partial charge in [0.15, 0.2) is 0 Å². The van der Waals surface area contributed by atoms with Crippen LogP contribution >= 0.6 is 0 Å². The van der Waals surface area contributed by atoms with E-state index in [0.29, 0.717) is 13.0 Å². The van der Waals surface area contributed by atoms with Crippen molar-refractivity contribution in [2.24, 2.45) is 0 Å². The normalized spacial score (nSPS) is 11.4.